The number of benzene rings is 1. The summed E-state index contributed by atoms with van der Waals surface area (Å²) in [5.74, 6) is 0. The predicted octanol–water partition coefficient (Wildman–Crippen LogP) is 3.59. The first-order valence-corrected chi connectivity index (χ1v) is 5.91. The van der Waals surface area contributed by atoms with Gasteiger partial charge in [-0.15, -0.1) is 0 Å². The van der Waals surface area contributed by atoms with Crippen LogP contribution in [0.4, 0.5) is 0 Å². The molecule has 0 saturated carbocycles. The van der Waals surface area contributed by atoms with Gasteiger partial charge in [-0.2, -0.15) is 0 Å². The first-order valence-electron chi connectivity index (χ1n) is 5.91. The van der Waals surface area contributed by atoms with E-state index in [0.29, 0.717) is 6.61 Å². The molecule has 16 heavy (non-hydrogen) atoms. The van der Waals surface area contributed by atoms with Gasteiger partial charge in [0.2, 0.25) is 0 Å². The van der Waals surface area contributed by atoms with Crippen LogP contribution < -0.4 is 0 Å². The average molecular weight is 217 g/mol. The molecule has 0 spiro atoms. The normalized spacial score (nSPS) is 11.5. The second-order valence-electron chi connectivity index (χ2n) is 4.30. The highest BCUT2D eigenvalue weighted by Gasteiger charge is 2.07. The lowest BCUT2D eigenvalue weighted by Gasteiger charge is -2.10. The third-order valence-corrected chi connectivity index (χ3v) is 2.78. The van der Waals surface area contributed by atoms with E-state index in [1.54, 1.807) is 0 Å². The summed E-state index contributed by atoms with van der Waals surface area (Å²) >= 11 is 0. The molecule has 1 aromatic heterocycles. The molecule has 86 valence electrons. The van der Waals surface area contributed by atoms with E-state index in [2.05, 4.69) is 55.7 Å². The maximum atomic E-state index is 5.68. The third-order valence-electron chi connectivity index (χ3n) is 2.78. The predicted molar refractivity (Wildman–Crippen MR) is 67.5 cm³/mol. The van der Waals surface area contributed by atoms with Crippen molar-refractivity contribution in [3.05, 3.63) is 36.0 Å². The molecule has 0 amide bonds. The minimum Gasteiger partial charge on any atom is -0.373 e. The quantitative estimate of drug-likeness (QED) is 0.763. The Hall–Kier alpha value is -1.28. The van der Waals surface area contributed by atoms with Gasteiger partial charge in [-0.25, -0.2) is 0 Å². The molecule has 0 N–H and O–H groups in total. The molecular weight excluding hydrogens is 198 g/mol. The van der Waals surface area contributed by atoms with E-state index < -0.39 is 0 Å². The van der Waals surface area contributed by atoms with Crippen LogP contribution in [-0.4, -0.2) is 10.7 Å². The minimum absolute atomic E-state index is 0.281. The van der Waals surface area contributed by atoms with Gasteiger partial charge < -0.3 is 9.30 Å². The van der Waals surface area contributed by atoms with E-state index in [9.17, 15) is 0 Å². The van der Waals surface area contributed by atoms with Gasteiger partial charge in [-0.3, -0.25) is 0 Å². The number of hydrogen-bond donors (Lipinski definition) is 0. The van der Waals surface area contributed by atoms with E-state index in [4.69, 9.17) is 4.74 Å². The molecule has 1 aromatic carbocycles. The molecule has 0 atom stereocenters. The van der Waals surface area contributed by atoms with E-state index >= 15 is 0 Å². The van der Waals surface area contributed by atoms with Crippen LogP contribution in [0.5, 0.6) is 0 Å². The second-order valence-corrected chi connectivity index (χ2v) is 4.30. The third kappa shape index (κ3) is 2.12. The largest absolute Gasteiger partial charge is 0.373 e. The molecule has 0 fully saturated rings. The first kappa shape index (κ1) is 11.2. The van der Waals surface area contributed by atoms with Crippen LogP contribution in [0.2, 0.25) is 0 Å². The highest BCUT2D eigenvalue weighted by atomic mass is 16.5. The van der Waals surface area contributed by atoms with Crippen LogP contribution in [-0.2, 0) is 17.9 Å². The maximum absolute atomic E-state index is 5.68. The molecule has 1 heterocycles. The lowest BCUT2D eigenvalue weighted by atomic mass is 10.2. The topological polar surface area (TPSA) is 14.2 Å². The Morgan fingerprint density at radius 2 is 2.00 bits per heavy atom. The lowest BCUT2D eigenvalue weighted by Crippen LogP contribution is -2.07. The monoisotopic (exact) mass is 217 g/mol. The van der Waals surface area contributed by atoms with E-state index in [1.165, 1.54) is 16.6 Å². The Morgan fingerprint density at radius 1 is 1.25 bits per heavy atom. The van der Waals surface area contributed by atoms with Crippen molar-refractivity contribution in [3.8, 4) is 0 Å². The van der Waals surface area contributed by atoms with Crippen molar-refractivity contribution in [2.45, 2.75) is 40.0 Å². The SMILES string of the molecule is CCn1c(COC(C)C)cc2ccccc21. The van der Waals surface area contributed by atoms with Gasteiger partial charge in [-0.1, -0.05) is 18.2 Å². The number of rotatable bonds is 4. The molecule has 2 nitrogen and oxygen atoms in total. The second kappa shape index (κ2) is 4.71. The summed E-state index contributed by atoms with van der Waals surface area (Å²) in [7, 11) is 0. The number of aromatic nitrogens is 1. The number of para-hydroxylation sites is 1. The molecule has 2 aromatic rings. The van der Waals surface area contributed by atoms with Crippen LogP contribution in [0.25, 0.3) is 10.9 Å². The summed E-state index contributed by atoms with van der Waals surface area (Å²) in [5, 5.41) is 1.30. The fraction of sp³-hybridized carbons (Fsp3) is 0.429. The van der Waals surface area contributed by atoms with Gasteiger partial charge in [0.1, 0.15) is 0 Å². The van der Waals surface area contributed by atoms with Crippen molar-refractivity contribution >= 4 is 10.9 Å². The Labute approximate surface area is 96.8 Å². The van der Waals surface area contributed by atoms with Gasteiger partial charge in [0, 0.05) is 17.8 Å². The Morgan fingerprint density at radius 3 is 2.69 bits per heavy atom. The summed E-state index contributed by atoms with van der Waals surface area (Å²) in [6, 6.07) is 10.7. The first-order chi connectivity index (χ1) is 7.72. The number of nitrogens with zero attached hydrogens (tertiary/aromatic N) is 1. The molecule has 2 rings (SSSR count). The van der Waals surface area contributed by atoms with Crippen LogP contribution >= 0.6 is 0 Å². The summed E-state index contributed by atoms with van der Waals surface area (Å²) in [4.78, 5) is 0. The molecule has 2 heteroatoms. The fourth-order valence-corrected chi connectivity index (χ4v) is 2.01. The van der Waals surface area contributed by atoms with Crippen LogP contribution in [0.15, 0.2) is 30.3 Å². The zero-order valence-electron chi connectivity index (χ0n) is 10.2. The summed E-state index contributed by atoms with van der Waals surface area (Å²) < 4.78 is 8.00. The van der Waals surface area contributed by atoms with Gasteiger partial charge in [-0.05, 0) is 38.3 Å². The van der Waals surface area contributed by atoms with E-state index in [0.717, 1.165) is 6.54 Å². The van der Waals surface area contributed by atoms with Gasteiger partial charge >= 0.3 is 0 Å². The van der Waals surface area contributed by atoms with Gasteiger partial charge in [0.05, 0.1) is 12.7 Å². The fourth-order valence-electron chi connectivity index (χ4n) is 2.01. The molecule has 0 aliphatic rings. The average Bonchev–Trinajstić information content (AvgIpc) is 2.63. The maximum Gasteiger partial charge on any atom is 0.0871 e. The molecule has 0 aliphatic heterocycles. The highest BCUT2D eigenvalue weighted by Crippen LogP contribution is 2.20. The van der Waals surface area contributed by atoms with E-state index in [1.807, 2.05) is 0 Å². The van der Waals surface area contributed by atoms with Crippen molar-refractivity contribution in [1.82, 2.24) is 4.57 Å². The van der Waals surface area contributed by atoms with Crippen LogP contribution in [0.3, 0.4) is 0 Å². The number of ether oxygens (including phenoxy) is 1. The number of aryl methyl sites for hydroxylation is 1. The van der Waals surface area contributed by atoms with Crippen molar-refractivity contribution < 1.29 is 4.74 Å². The minimum atomic E-state index is 0.281. The van der Waals surface area contributed by atoms with E-state index in [-0.39, 0.29) is 6.10 Å². The summed E-state index contributed by atoms with van der Waals surface area (Å²) in [6.07, 6.45) is 0.281. The van der Waals surface area contributed by atoms with Crippen molar-refractivity contribution in [3.63, 3.8) is 0 Å². The Kier molecular flexibility index (Phi) is 3.30. The molecule has 0 unspecified atom stereocenters. The highest BCUT2D eigenvalue weighted by molar-refractivity contribution is 5.81. The zero-order chi connectivity index (χ0) is 11.5. The smallest absolute Gasteiger partial charge is 0.0871 e. The van der Waals surface area contributed by atoms with Crippen molar-refractivity contribution in [2.24, 2.45) is 0 Å². The van der Waals surface area contributed by atoms with Crippen molar-refractivity contribution in [2.75, 3.05) is 0 Å². The number of hydrogen-bond acceptors (Lipinski definition) is 1. The summed E-state index contributed by atoms with van der Waals surface area (Å²) in [5.41, 5.74) is 2.56. The van der Waals surface area contributed by atoms with Crippen LogP contribution in [0, 0.1) is 0 Å². The lowest BCUT2D eigenvalue weighted by molar-refractivity contribution is 0.0620. The van der Waals surface area contributed by atoms with Crippen molar-refractivity contribution in [1.29, 1.82) is 0 Å². The van der Waals surface area contributed by atoms with Gasteiger partial charge in [0.25, 0.3) is 0 Å². The Balaban J connectivity index is 2.36. The molecule has 0 bridgehead atoms. The summed E-state index contributed by atoms with van der Waals surface area (Å²) in [6.45, 7) is 7.99. The molecule has 0 aliphatic carbocycles. The zero-order valence-corrected chi connectivity index (χ0v) is 10.2. The number of fused-ring (bicyclic) bond motifs is 1. The van der Waals surface area contributed by atoms with Gasteiger partial charge in [0.15, 0.2) is 0 Å². The van der Waals surface area contributed by atoms with Crippen LogP contribution in [0.1, 0.15) is 26.5 Å². The molecule has 0 radical (unpaired) electrons. The standard InChI is InChI=1S/C14H19NO/c1-4-15-13(10-16-11(2)3)9-12-7-5-6-8-14(12)15/h5-9,11H,4,10H2,1-3H3. The Bertz CT molecular complexity index is 471. The molecule has 0 saturated heterocycles. The molecular formula is C14H19NO.